The van der Waals surface area contributed by atoms with E-state index in [9.17, 15) is 0 Å². The summed E-state index contributed by atoms with van der Waals surface area (Å²) < 4.78 is 0. The highest BCUT2D eigenvalue weighted by Gasteiger charge is 2.26. The molecule has 1 fully saturated rings. The lowest BCUT2D eigenvalue weighted by molar-refractivity contribution is 0.195. The van der Waals surface area contributed by atoms with Crippen LogP contribution in [0.3, 0.4) is 0 Å². The average Bonchev–Trinajstić information content (AvgIpc) is 2.51. The number of halogens is 1. The van der Waals surface area contributed by atoms with Gasteiger partial charge >= 0.3 is 0 Å². The lowest BCUT2D eigenvalue weighted by atomic mass is 9.72. The number of nitrogens with zero attached hydrogens (tertiary/aromatic N) is 1. The van der Waals surface area contributed by atoms with Crippen LogP contribution < -0.4 is 5.32 Å². The molecule has 0 saturated heterocycles. The molecule has 0 heterocycles. The van der Waals surface area contributed by atoms with Crippen molar-refractivity contribution in [2.75, 3.05) is 11.9 Å². The van der Waals surface area contributed by atoms with Crippen molar-refractivity contribution in [1.29, 1.82) is 0 Å². The zero-order valence-corrected chi connectivity index (χ0v) is 14.6. The van der Waals surface area contributed by atoms with Crippen LogP contribution in [-0.4, -0.2) is 18.8 Å². The van der Waals surface area contributed by atoms with Gasteiger partial charge in [-0.1, -0.05) is 36.6 Å². The zero-order chi connectivity index (χ0) is 15.9. The summed E-state index contributed by atoms with van der Waals surface area (Å²) >= 11 is 5.95. The summed E-state index contributed by atoms with van der Waals surface area (Å²) in [6.45, 7) is 7.34. The van der Waals surface area contributed by atoms with E-state index in [4.69, 9.17) is 11.6 Å². The first-order valence-corrected chi connectivity index (χ1v) is 8.60. The maximum absolute atomic E-state index is 5.95. The van der Waals surface area contributed by atoms with E-state index in [0.717, 1.165) is 29.1 Å². The Morgan fingerprint density at radius 2 is 2.09 bits per heavy atom. The summed E-state index contributed by atoms with van der Waals surface area (Å²) in [5.74, 6) is 1.77. The molecule has 1 N–H and O–H groups in total. The molecule has 1 saturated carbocycles. The minimum atomic E-state index is 0.229. The third-order valence-corrected chi connectivity index (χ3v) is 4.80. The van der Waals surface area contributed by atoms with Crippen molar-refractivity contribution < 1.29 is 0 Å². The maximum atomic E-state index is 5.95. The number of aliphatic imine (C=N–C) groups is 1. The number of rotatable bonds is 7. The van der Waals surface area contributed by atoms with Crippen LogP contribution in [0.5, 0.6) is 0 Å². The van der Waals surface area contributed by atoms with Crippen LogP contribution in [0.2, 0.25) is 5.02 Å². The standard InChI is InChI=1S/C19H27ClN2/c1-4-21-13-19(22-18-9-7-17(20)8-10-18)12-14(2)11-16-6-5-15(16)3/h4,7-10,12,15-16,19,22H,5-6,11,13H2,1-3H3/b14-12+,21-4-. The Labute approximate surface area is 139 Å². The van der Waals surface area contributed by atoms with E-state index in [1.807, 2.05) is 37.4 Å². The molecule has 3 heteroatoms. The first-order chi connectivity index (χ1) is 10.6. The van der Waals surface area contributed by atoms with E-state index < -0.39 is 0 Å². The molecule has 22 heavy (non-hydrogen) atoms. The van der Waals surface area contributed by atoms with E-state index >= 15 is 0 Å². The second kappa shape index (κ2) is 8.38. The fourth-order valence-corrected chi connectivity index (χ4v) is 3.11. The fourth-order valence-electron chi connectivity index (χ4n) is 2.98. The normalized spacial score (nSPS) is 23.4. The first kappa shape index (κ1) is 17.1. The number of hydrogen-bond donors (Lipinski definition) is 1. The number of hydrogen-bond acceptors (Lipinski definition) is 2. The summed E-state index contributed by atoms with van der Waals surface area (Å²) in [6, 6.07) is 8.09. The van der Waals surface area contributed by atoms with Crippen molar-refractivity contribution >= 4 is 23.5 Å². The van der Waals surface area contributed by atoms with Gasteiger partial charge < -0.3 is 5.32 Å². The SMILES string of the molecule is C/C=N\CC(/C=C(\C)CC1CCC1C)Nc1ccc(Cl)cc1. The second-order valence-corrected chi connectivity index (χ2v) is 6.85. The molecule has 0 aliphatic heterocycles. The molecular weight excluding hydrogens is 292 g/mol. The van der Waals surface area contributed by atoms with Crippen LogP contribution in [0.15, 0.2) is 40.9 Å². The van der Waals surface area contributed by atoms with E-state index in [-0.39, 0.29) is 6.04 Å². The maximum Gasteiger partial charge on any atom is 0.0642 e. The highest BCUT2D eigenvalue weighted by molar-refractivity contribution is 6.30. The smallest absolute Gasteiger partial charge is 0.0642 e. The molecule has 0 spiro atoms. The van der Waals surface area contributed by atoms with Gasteiger partial charge in [0.25, 0.3) is 0 Å². The Hall–Kier alpha value is -1.28. The largest absolute Gasteiger partial charge is 0.377 e. The van der Waals surface area contributed by atoms with Gasteiger partial charge in [-0.3, -0.25) is 4.99 Å². The second-order valence-electron chi connectivity index (χ2n) is 6.41. The van der Waals surface area contributed by atoms with E-state index in [2.05, 4.69) is 30.2 Å². The average molecular weight is 319 g/mol. The third-order valence-electron chi connectivity index (χ3n) is 4.55. The van der Waals surface area contributed by atoms with Crippen molar-refractivity contribution in [1.82, 2.24) is 0 Å². The van der Waals surface area contributed by atoms with E-state index in [1.165, 1.54) is 24.8 Å². The molecule has 0 bridgehead atoms. The van der Waals surface area contributed by atoms with Gasteiger partial charge in [-0.15, -0.1) is 0 Å². The van der Waals surface area contributed by atoms with Crippen LogP contribution in [0.4, 0.5) is 5.69 Å². The van der Waals surface area contributed by atoms with Crippen molar-refractivity contribution in [3.8, 4) is 0 Å². The number of anilines is 1. The van der Waals surface area contributed by atoms with Gasteiger partial charge in [-0.25, -0.2) is 0 Å². The lowest BCUT2D eigenvalue weighted by Gasteiger charge is -2.34. The number of nitrogens with one attached hydrogen (secondary N) is 1. The molecule has 120 valence electrons. The lowest BCUT2D eigenvalue weighted by Crippen LogP contribution is -2.24. The Morgan fingerprint density at radius 3 is 2.64 bits per heavy atom. The minimum absolute atomic E-state index is 0.229. The van der Waals surface area contributed by atoms with Gasteiger partial charge in [-0.05, 0) is 69.0 Å². The van der Waals surface area contributed by atoms with Crippen molar-refractivity contribution in [3.63, 3.8) is 0 Å². The van der Waals surface area contributed by atoms with Crippen LogP contribution in [0, 0.1) is 11.8 Å². The molecule has 0 aromatic heterocycles. The molecule has 2 nitrogen and oxygen atoms in total. The summed E-state index contributed by atoms with van der Waals surface area (Å²) in [5.41, 5.74) is 2.55. The summed E-state index contributed by atoms with van der Waals surface area (Å²) in [7, 11) is 0. The highest BCUT2D eigenvalue weighted by Crippen LogP contribution is 2.38. The van der Waals surface area contributed by atoms with Crippen LogP contribution in [0.25, 0.3) is 0 Å². The topological polar surface area (TPSA) is 24.4 Å². The predicted octanol–water partition coefficient (Wildman–Crippen LogP) is 5.59. The molecule has 1 aliphatic carbocycles. The van der Waals surface area contributed by atoms with Crippen molar-refractivity contribution in [2.24, 2.45) is 16.8 Å². The first-order valence-electron chi connectivity index (χ1n) is 8.22. The van der Waals surface area contributed by atoms with Gasteiger partial charge in [0.1, 0.15) is 0 Å². The van der Waals surface area contributed by atoms with Gasteiger partial charge in [0, 0.05) is 10.7 Å². The summed E-state index contributed by atoms with van der Waals surface area (Å²) in [4.78, 5) is 4.41. The van der Waals surface area contributed by atoms with E-state index in [1.54, 1.807) is 0 Å². The molecule has 1 aliphatic rings. The molecule has 3 unspecified atom stereocenters. The quantitative estimate of drug-likeness (QED) is 0.514. The van der Waals surface area contributed by atoms with Gasteiger partial charge in [0.15, 0.2) is 0 Å². The predicted molar refractivity (Wildman–Crippen MR) is 98.2 cm³/mol. The van der Waals surface area contributed by atoms with Crippen molar-refractivity contribution in [2.45, 2.75) is 46.1 Å². The van der Waals surface area contributed by atoms with Gasteiger partial charge in [-0.2, -0.15) is 0 Å². The third kappa shape index (κ3) is 5.17. The number of allylic oxidation sites excluding steroid dienone is 1. The van der Waals surface area contributed by atoms with Crippen LogP contribution in [-0.2, 0) is 0 Å². The monoisotopic (exact) mass is 318 g/mol. The molecule has 0 radical (unpaired) electrons. The number of benzene rings is 1. The Bertz CT molecular complexity index is 519. The Balaban J connectivity index is 1.99. The van der Waals surface area contributed by atoms with Crippen LogP contribution in [0.1, 0.15) is 40.0 Å². The Morgan fingerprint density at radius 1 is 1.36 bits per heavy atom. The summed E-state index contributed by atoms with van der Waals surface area (Å²) in [5, 5.41) is 4.31. The highest BCUT2D eigenvalue weighted by atomic mass is 35.5. The molecule has 1 aromatic rings. The molecular formula is C19H27ClN2. The summed E-state index contributed by atoms with van der Waals surface area (Å²) in [6.07, 6.45) is 8.20. The van der Waals surface area contributed by atoms with Crippen molar-refractivity contribution in [3.05, 3.63) is 40.9 Å². The molecule has 0 amide bonds. The molecule has 1 aromatic carbocycles. The van der Waals surface area contributed by atoms with Crippen LogP contribution >= 0.6 is 11.6 Å². The van der Waals surface area contributed by atoms with E-state index in [0.29, 0.717) is 0 Å². The van der Waals surface area contributed by atoms with Gasteiger partial charge in [0.05, 0.1) is 12.6 Å². The Kier molecular flexibility index (Phi) is 6.50. The van der Waals surface area contributed by atoms with Gasteiger partial charge in [0.2, 0.25) is 0 Å². The molecule has 2 rings (SSSR count). The molecule has 3 atom stereocenters. The zero-order valence-electron chi connectivity index (χ0n) is 13.8. The minimum Gasteiger partial charge on any atom is -0.377 e. The fraction of sp³-hybridized carbons (Fsp3) is 0.526.